The molecule has 0 saturated carbocycles. The summed E-state index contributed by atoms with van der Waals surface area (Å²) in [6.45, 7) is 4.53. The molecule has 0 aliphatic carbocycles. The summed E-state index contributed by atoms with van der Waals surface area (Å²) < 4.78 is 23.2. The van der Waals surface area contributed by atoms with Gasteiger partial charge in [0, 0.05) is 6.42 Å². The van der Waals surface area contributed by atoms with Gasteiger partial charge in [0.2, 0.25) is 5.91 Å². The molecule has 8 nitrogen and oxygen atoms in total. The average Bonchev–Trinajstić information content (AvgIpc) is 3.02. The molecule has 0 fully saturated rings. The third kappa shape index (κ3) is 32.5. The lowest BCUT2D eigenvalue weighted by molar-refractivity contribution is -0.870. The summed E-state index contributed by atoms with van der Waals surface area (Å²) in [7, 11) is 1.53. The van der Waals surface area contributed by atoms with Crippen LogP contribution in [-0.4, -0.2) is 73.4 Å². The smallest absolute Gasteiger partial charge is 0.387 e. The number of hydrogen-bond donors (Lipinski definition) is 3. The molecule has 0 aliphatic heterocycles. The lowest BCUT2D eigenvalue weighted by atomic mass is 10.1. The fourth-order valence-electron chi connectivity index (χ4n) is 4.48. The maximum absolute atomic E-state index is 12.7. The van der Waals surface area contributed by atoms with Crippen molar-refractivity contribution in [1.82, 2.24) is 5.32 Å². The second-order valence-corrected chi connectivity index (χ2v) is 14.7. The van der Waals surface area contributed by atoms with Crippen LogP contribution in [0.3, 0.4) is 0 Å². The molecular formula is C39H70N2O6P+. The highest BCUT2D eigenvalue weighted by molar-refractivity contribution is 7.47. The molecule has 276 valence electrons. The third-order valence-electron chi connectivity index (χ3n) is 7.43. The summed E-state index contributed by atoms with van der Waals surface area (Å²) in [6.07, 6.45) is 40.1. The van der Waals surface area contributed by atoms with Crippen LogP contribution in [0.2, 0.25) is 0 Å². The van der Waals surface area contributed by atoms with Gasteiger partial charge in [0.25, 0.3) is 0 Å². The van der Waals surface area contributed by atoms with Crippen molar-refractivity contribution in [1.29, 1.82) is 0 Å². The van der Waals surface area contributed by atoms with Crippen molar-refractivity contribution >= 4 is 13.7 Å². The van der Waals surface area contributed by atoms with Crippen LogP contribution in [0.1, 0.15) is 117 Å². The van der Waals surface area contributed by atoms with E-state index in [0.29, 0.717) is 17.4 Å². The number of rotatable bonds is 31. The number of aliphatic hydroxyl groups excluding tert-OH is 1. The molecule has 1 amide bonds. The van der Waals surface area contributed by atoms with Crippen molar-refractivity contribution in [3.05, 3.63) is 72.9 Å². The zero-order valence-electron chi connectivity index (χ0n) is 30.9. The maximum Gasteiger partial charge on any atom is 0.472 e. The highest BCUT2D eigenvalue weighted by Crippen LogP contribution is 2.43. The van der Waals surface area contributed by atoms with Crippen LogP contribution in [0, 0.1) is 0 Å². The Morgan fingerprint density at radius 3 is 1.83 bits per heavy atom. The van der Waals surface area contributed by atoms with Crippen molar-refractivity contribution < 1.29 is 32.9 Å². The predicted octanol–water partition coefficient (Wildman–Crippen LogP) is 9.29. The number of quaternary nitrogens is 1. The first-order chi connectivity index (χ1) is 23.0. The SMILES string of the molecule is CC/C=C\C/C=C\C/C=C\C/C=C\C/C=C\CCCCCCCC(=O)NC(COP(=O)(O)OCC[N+](C)(C)C)C(O)/C=C/CCCCC. The molecule has 0 bridgehead atoms. The number of likely N-dealkylation sites (N-methyl/N-ethyl adjacent to an activating group) is 1. The number of phosphoric acid groups is 1. The number of amides is 1. The second-order valence-electron chi connectivity index (χ2n) is 13.2. The normalized spacial score (nSPS) is 15.6. The van der Waals surface area contributed by atoms with E-state index in [-0.39, 0.29) is 19.1 Å². The Morgan fingerprint density at radius 1 is 0.729 bits per heavy atom. The van der Waals surface area contributed by atoms with Gasteiger partial charge in [-0.05, 0) is 64.2 Å². The van der Waals surface area contributed by atoms with Crippen LogP contribution in [-0.2, 0) is 18.4 Å². The molecule has 0 aromatic rings. The van der Waals surface area contributed by atoms with Gasteiger partial charge in [-0.25, -0.2) is 4.57 Å². The predicted molar refractivity (Wildman–Crippen MR) is 203 cm³/mol. The molecule has 0 aromatic heterocycles. The first-order valence-electron chi connectivity index (χ1n) is 18.3. The van der Waals surface area contributed by atoms with Gasteiger partial charge in [0.05, 0.1) is 39.9 Å². The van der Waals surface area contributed by atoms with E-state index in [0.717, 1.165) is 96.3 Å². The van der Waals surface area contributed by atoms with Gasteiger partial charge in [-0.2, -0.15) is 0 Å². The molecule has 0 radical (unpaired) electrons. The Bertz CT molecular complexity index is 1010. The van der Waals surface area contributed by atoms with E-state index >= 15 is 0 Å². The first-order valence-corrected chi connectivity index (χ1v) is 19.8. The van der Waals surface area contributed by atoms with Crippen molar-refractivity contribution in [3.63, 3.8) is 0 Å². The zero-order valence-corrected chi connectivity index (χ0v) is 31.8. The van der Waals surface area contributed by atoms with E-state index in [2.05, 4.69) is 79.9 Å². The van der Waals surface area contributed by atoms with Crippen molar-refractivity contribution in [3.8, 4) is 0 Å². The molecule has 3 N–H and O–H groups in total. The molecule has 3 atom stereocenters. The summed E-state index contributed by atoms with van der Waals surface area (Å²) >= 11 is 0. The number of nitrogens with one attached hydrogen (secondary N) is 1. The van der Waals surface area contributed by atoms with Crippen LogP contribution < -0.4 is 5.32 Å². The molecule has 48 heavy (non-hydrogen) atoms. The Balaban J connectivity index is 4.31. The highest BCUT2D eigenvalue weighted by atomic mass is 31.2. The van der Waals surface area contributed by atoms with E-state index in [1.807, 2.05) is 27.2 Å². The minimum Gasteiger partial charge on any atom is -0.387 e. The minimum atomic E-state index is -4.33. The summed E-state index contributed by atoms with van der Waals surface area (Å²) in [4.78, 5) is 22.8. The number of hydrogen-bond acceptors (Lipinski definition) is 5. The molecular weight excluding hydrogens is 623 g/mol. The van der Waals surface area contributed by atoms with Gasteiger partial charge < -0.3 is 19.8 Å². The Kier molecular flexibility index (Phi) is 29.6. The van der Waals surface area contributed by atoms with Gasteiger partial charge in [-0.15, -0.1) is 0 Å². The number of aliphatic hydroxyl groups is 1. The van der Waals surface area contributed by atoms with E-state index < -0.39 is 20.0 Å². The third-order valence-corrected chi connectivity index (χ3v) is 8.42. The van der Waals surface area contributed by atoms with Crippen LogP contribution in [0.4, 0.5) is 0 Å². The van der Waals surface area contributed by atoms with Crippen molar-refractivity contribution in [2.75, 3.05) is 40.9 Å². The van der Waals surface area contributed by atoms with Gasteiger partial charge in [-0.3, -0.25) is 13.8 Å². The maximum atomic E-state index is 12.7. The largest absolute Gasteiger partial charge is 0.472 e. The number of phosphoric ester groups is 1. The Labute approximate surface area is 294 Å². The van der Waals surface area contributed by atoms with Gasteiger partial charge in [-0.1, -0.05) is 119 Å². The van der Waals surface area contributed by atoms with Crippen LogP contribution in [0.5, 0.6) is 0 Å². The molecule has 3 unspecified atom stereocenters. The minimum absolute atomic E-state index is 0.0521. The molecule has 0 spiro atoms. The number of carbonyl (C=O) groups excluding carboxylic acids is 1. The van der Waals surface area contributed by atoms with Crippen LogP contribution in [0.25, 0.3) is 0 Å². The fraction of sp³-hybridized carbons (Fsp3) is 0.667. The Hall–Kier alpha value is -2.06. The zero-order chi connectivity index (χ0) is 35.8. The Morgan fingerprint density at radius 2 is 1.25 bits per heavy atom. The highest BCUT2D eigenvalue weighted by Gasteiger charge is 2.27. The quantitative estimate of drug-likeness (QED) is 0.0289. The average molecular weight is 694 g/mol. The lowest BCUT2D eigenvalue weighted by Crippen LogP contribution is -2.45. The standard InChI is InChI=1S/C39H69N2O6P/c1-6-8-10-12-13-14-15-16-17-18-19-20-21-22-23-24-25-26-27-29-31-33-39(43)40-37(38(42)32-30-28-11-9-7-2)36-47-48(44,45)46-35-34-41(3,4)5/h8,10,13-14,16-17,19-20,22-23,30,32,37-38,42H,6-7,9,11-12,15,18,21,24-29,31,33-36H2,1-5H3,(H-,40,43,44,45)/p+1/b10-8-,14-13-,17-16-,20-19-,23-22-,32-30+. The van der Waals surface area contributed by atoms with Crippen LogP contribution >= 0.6 is 7.82 Å². The molecule has 0 saturated heterocycles. The van der Waals surface area contributed by atoms with E-state index in [1.54, 1.807) is 6.08 Å². The van der Waals surface area contributed by atoms with Crippen molar-refractivity contribution in [2.24, 2.45) is 0 Å². The molecule has 0 aliphatic rings. The molecule has 0 rings (SSSR count). The van der Waals surface area contributed by atoms with Crippen LogP contribution in [0.15, 0.2) is 72.9 Å². The number of carbonyl (C=O) groups is 1. The van der Waals surface area contributed by atoms with E-state index in [4.69, 9.17) is 9.05 Å². The van der Waals surface area contributed by atoms with E-state index in [1.165, 1.54) is 0 Å². The number of unbranched alkanes of at least 4 members (excludes halogenated alkanes) is 8. The topological polar surface area (TPSA) is 105 Å². The number of allylic oxidation sites excluding steroid dienone is 11. The van der Waals surface area contributed by atoms with E-state index in [9.17, 15) is 19.4 Å². The summed E-state index contributed by atoms with van der Waals surface area (Å²) in [5.41, 5.74) is 0. The summed E-state index contributed by atoms with van der Waals surface area (Å²) in [5.74, 6) is -0.209. The fourth-order valence-corrected chi connectivity index (χ4v) is 5.21. The molecule has 0 aromatic carbocycles. The van der Waals surface area contributed by atoms with Gasteiger partial charge in [0.1, 0.15) is 13.2 Å². The summed E-state index contributed by atoms with van der Waals surface area (Å²) in [5, 5.41) is 13.5. The first kappa shape index (κ1) is 45.9. The number of nitrogens with zero attached hydrogens (tertiary/aromatic N) is 1. The van der Waals surface area contributed by atoms with Gasteiger partial charge in [0.15, 0.2) is 0 Å². The molecule has 0 heterocycles. The van der Waals surface area contributed by atoms with Gasteiger partial charge >= 0.3 is 7.82 Å². The lowest BCUT2D eigenvalue weighted by Gasteiger charge is -2.25. The monoisotopic (exact) mass is 693 g/mol. The second kappa shape index (κ2) is 31.0. The molecule has 9 heteroatoms. The summed E-state index contributed by atoms with van der Waals surface area (Å²) in [6, 6.07) is -0.856. The van der Waals surface area contributed by atoms with Crippen molar-refractivity contribution in [2.45, 2.75) is 129 Å².